The third kappa shape index (κ3) is 7.44. The summed E-state index contributed by atoms with van der Waals surface area (Å²) in [7, 11) is -8.20. The summed E-state index contributed by atoms with van der Waals surface area (Å²) in [6.45, 7) is -0.628. The SMILES string of the molecule is CS(=O)(=O)N(CC(=O)Nc1ccc(S(=O)(=O)Nc2ccc(Cl)c(C(F)(F)F)c2)cc1)c1ccc(Cl)c(Cl)c1. The number of alkyl halides is 3. The maximum absolute atomic E-state index is 13.1. The molecule has 8 nitrogen and oxygen atoms in total. The van der Waals surface area contributed by atoms with E-state index in [1.807, 2.05) is 4.72 Å². The summed E-state index contributed by atoms with van der Waals surface area (Å²) in [5.74, 6) is -0.754. The molecule has 0 aliphatic heterocycles. The van der Waals surface area contributed by atoms with E-state index in [-0.39, 0.29) is 32.0 Å². The zero-order valence-corrected chi connectivity index (χ0v) is 23.0. The number of nitrogens with one attached hydrogen (secondary N) is 2. The molecule has 3 rings (SSSR count). The van der Waals surface area contributed by atoms with E-state index in [0.29, 0.717) is 6.07 Å². The van der Waals surface area contributed by atoms with Gasteiger partial charge in [-0.2, -0.15) is 13.2 Å². The van der Waals surface area contributed by atoms with E-state index < -0.39 is 49.3 Å². The minimum absolute atomic E-state index is 0.0804. The maximum Gasteiger partial charge on any atom is 0.417 e. The van der Waals surface area contributed by atoms with Gasteiger partial charge in [-0.1, -0.05) is 34.8 Å². The van der Waals surface area contributed by atoms with E-state index in [1.165, 1.54) is 30.3 Å². The van der Waals surface area contributed by atoms with Crippen LogP contribution in [-0.2, 0) is 31.0 Å². The second-order valence-corrected chi connectivity index (χ2v) is 12.5. The van der Waals surface area contributed by atoms with E-state index in [1.54, 1.807) is 0 Å². The van der Waals surface area contributed by atoms with Crippen molar-refractivity contribution in [3.05, 3.63) is 81.3 Å². The Balaban J connectivity index is 1.74. The first-order valence-electron chi connectivity index (χ1n) is 10.2. The zero-order chi connectivity index (χ0) is 28.5. The summed E-state index contributed by atoms with van der Waals surface area (Å²) in [5, 5.41) is 2.12. The highest BCUT2D eigenvalue weighted by atomic mass is 35.5. The Kier molecular flexibility index (Phi) is 8.78. The predicted octanol–water partition coefficient (Wildman–Crippen LogP) is 5.87. The van der Waals surface area contributed by atoms with Gasteiger partial charge < -0.3 is 5.32 Å². The average molecular weight is 631 g/mol. The molecular formula is C22H17Cl3F3N3O5S2. The summed E-state index contributed by atoms with van der Waals surface area (Å²) in [6.07, 6.45) is -3.89. The van der Waals surface area contributed by atoms with E-state index in [4.69, 9.17) is 34.8 Å². The molecule has 16 heteroatoms. The first kappa shape index (κ1) is 29.8. The molecule has 0 aliphatic carbocycles. The Hall–Kier alpha value is -2.71. The summed E-state index contributed by atoms with van der Waals surface area (Å²) >= 11 is 17.4. The molecule has 0 radical (unpaired) electrons. The topological polar surface area (TPSA) is 113 Å². The first-order chi connectivity index (χ1) is 17.5. The normalized spacial score (nSPS) is 12.2. The van der Waals surface area contributed by atoms with E-state index >= 15 is 0 Å². The van der Waals surface area contributed by atoms with Crippen molar-refractivity contribution < 1.29 is 34.8 Å². The number of nitrogens with zero attached hydrogens (tertiary/aromatic N) is 1. The monoisotopic (exact) mass is 629 g/mol. The molecule has 0 aliphatic rings. The largest absolute Gasteiger partial charge is 0.417 e. The lowest BCUT2D eigenvalue weighted by Gasteiger charge is -2.22. The number of rotatable bonds is 8. The van der Waals surface area contributed by atoms with Gasteiger partial charge in [0.15, 0.2) is 0 Å². The van der Waals surface area contributed by atoms with Crippen molar-refractivity contribution in [1.29, 1.82) is 0 Å². The fourth-order valence-electron chi connectivity index (χ4n) is 3.11. The van der Waals surface area contributed by atoms with Crippen molar-refractivity contribution in [3.63, 3.8) is 0 Å². The number of carbonyl (C=O) groups excluding carboxylic acids is 1. The fourth-order valence-corrected chi connectivity index (χ4v) is 5.52. The fraction of sp³-hybridized carbons (Fsp3) is 0.136. The molecule has 1 amide bonds. The number of sulfonamides is 2. The van der Waals surface area contributed by atoms with Gasteiger partial charge in [0.25, 0.3) is 10.0 Å². The number of amides is 1. The molecule has 0 unspecified atom stereocenters. The quantitative estimate of drug-likeness (QED) is 0.323. The van der Waals surface area contributed by atoms with Crippen molar-refractivity contribution in [2.75, 3.05) is 27.1 Å². The van der Waals surface area contributed by atoms with Crippen LogP contribution in [0.4, 0.5) is 30.2 Å². The molecule has 3 aromatic rings. The van der Waals surface area contributed by atoms with Gasteiger partial charge in [0.2, 0.25) is 15.9 Å². The third-order valence-corrected chi connectivity index (χ3v) is 8.46. The number of carbonyl (C=O) groups is 1. The van der Waals surface area contributed by atoms with Crippen LogP contribution in [0, 0.1) is 0 Å². The van der Waals surface area contributed by atoms with Gasteiger partial charge in [-0.05, 0) is 60.7 Å². The zero-order valence-electron chi connectivity index (χ0n) is 19.1. The molecule has 0 heterocycles. The Morgan fingerprint density at radius 2 is 1.42 bits per heavy atom. The summed E-state index contributed by atoms with van der Waals surface area (Å²) in [4.78, 5) is 12.2. The summed E-state index contributed by atoms with van der Waals surface area (Å²) < 4.78 is 91.8. The maximum atomic E-state index is 13.1. The molecule has 0 saturated carbocycles. The molecule has 0 aromatic heterocycles. The summed E-state index contributed by atoms with van der Waals surface area (Å²) in [5.41, 5.74) is -1.34. The molecule has 0 spiro atoms. The average Bonchev–Trinajstić information content (AvgIpc) is 2.79. The molecule has 2 N–H and O–H groups in total. The van der Waals surface area contributed by atoms with Crippen molar-refractivity contribution in [2.24, 2.45) is 0 Å². The van der Waals surface area contributed by atoms with Crippen LogP contribution in [0.3, 0.4) is 0 Å². The van der Waals surface area contributed by atoms with Gasteiger partial charge in [0, 0.05) is 11.4 Å². The molecule has 204 valence electrons. The molecular weight excluding hydrogens is 614 g/mol. The number of hydrogen-bond acceptors (Lipinski definition) is 5. The smallest absolute Gasteiger partial charge is 0.325 e. The number of hydrogen-bond donors (Lipinski definition) is 2. The van der Waals surface area contributed by atoms with Gasteiger partial charge in [0.05, 0.1) is 37.5 Å². The van der Waals surface area contributed by atoms with E-state index in [2.05, 4.69) is 5.32 Å². The Morgan fingerprint density at radius 1 is 0.842 bits per heavy atom. The van der Waals surface area contributed by atoms with Crippen LogP contribution in [0.5, 0.6) is 0 Å². The highest BCUT2D eigenvalue weighted by Crippen LogP contribution is 2.36. The molecule has 0 fully saturated rings. The lowest BCUT2D eigenvalue weighted by atomic mass is 10.2. The lowest BCUT2D eigenvalue weighted by Crippen LogP contribution is -2.37. The minimum Gasteiger partial charge on any atom is -0.325 e. The Labute approximate surface area is 231 Å². The van der Waals surface area contributed by atoms with Crippen molar-refractivity contribution in [3.8, 4) is 0 Å². The van der Waals surface area contributed by atoms with Crippen LogP contribution in [-0.4, -0.2) is 35.5 Å². The minimum atomic E-state index is -4.79. The van der Waals surface area contributed by atoms with E-state index in [0.717, 1.165) is 34.8 Å². The first-order valence-corrected chi connectivity index (χ1v) is 14.7. The van der Waals surface area contributed by atoms with Crippen molar-refractivity contribution in [2.45, 2.75) is 11.1 Å². The highest BCUT2D eigenvalue weighted by Gasteiger charge is 2.33. The highest BCUT2D eigenvalue weighted by molar-refractivity contribution is 7.92. The molecule has 0 bridgehead atoms. The van der Waals surface area contributed by atoms with Crippen molar-refractivity contribution >= 4 is 77.8 Å². The number of halogens is 6. The van der Waals surface area contributed by atoms with Crippen molar-refractivity contribution in [1.82, 2.24) is 0 Å². The van der Waals surface area contributed by atoms with Crippen LogP contribution in [0.25, 0.3) is 0 Å². The van der Waals surface area contributed by atoms with E-state index in [9.17, 15) is 34.8 Å². The number of benzene rings is 3. The third-order valence-electron chi connectivity index (χ3n) is 4.85. The summed E-state index contributed by atoms with van der Waals surface area (Å²) in [6, 6.07) is 11.2. The lowest BCUT2D eigenvalue weighted by molar-refractivity contribution is -0.137. The Morgan fingerprint density at radius 3 is 1.97 bits per heavy atom. The standard InChI is InChI=1S/C22H17Cl3F3N3O5S2/c1-37(33,34)31(15-5-9-19(24)20(25)11-15)12-21(32)29-13-2-6-16(7-3-13)38(35,36)30-14-4-8-18(23)17(10-14)22(26,27)28/h2-11,30H,12H2,1H3,(H,29,32). The number of anilines is 3. The van der Waals surface area contributed by atoms with Gasteiger partial charge in [-0.15, -0.1) is 0 Å². The second-order valence-electron chi connectivity index (χ2n) is 7.74. The van der Waals surface area contributed by atoms with Crippen LogP contribution < -0.4 is 14.3 Å². The molecule has 0 saturated heterocycles. The van der Waals surface area contributed by atoms with Gasteiger partial charge in [-0.3, -0.25) is 13.8 Å². The molecule has 38 heavy (non-hydrogen) atoms. The van der Waals surface area contributed by atoms with Crippen LogP contribution >= 0.6 is 34.8 Å². The molecule has 3 aromatic carbocycles. The van der Waals surface area contributed by atoms with Gasteiger partial charge >= 0.3 is 6.18 Å². The van der Waals surface area contributed by atoms with Crippen LogP contribution in [0.2, 0.25) is 15.1 Å². The molecule has 0 atom stereocenters. The second kappa shape index (κ2) is 11.2. The van der Waals surface area contributed by atoms with Gasteiger partial charge in [0.1, 0.15) is 6.54 Å². The van der Waals surface area contributed by atoms with Crippen LogP contribution in [0.1, 0.15) is 5.56 Å². The predicted molar refractivity (Wildman–Crippen MR) is 141 cm³/mol. The van der Waals surface area contributed by atoms with Gasteiger partial charge in [-0.25, -0.2) is 16.8 Å². The Bertz CT molecular complexity index is 1580. The van der Waals surface area contributed by atoms with Crippen LogP contribution in [0.15, 0.2) is 65.6 Å².